The van der Waals surface area contributed by atoms with Crippen LogP contribution < -0.4 is 5.73 Å². The normalized spacial score (nSPS) is 17.7. The van der Waals surface area contributed by atoms with E-state index in [1.165, 1.54) is 16.7 Å². The van der Waals surface area contributed by atoms with Gasteiger partial charge in [0.05, 0.1) is 9.74 Å². The van der Waals surface area contributed by atoms with Crippen molar-refractivity contribution in [3.8, 4) is 0 Å². The highest BCUT2D eigenvalue weighted by Crippen LogP contribution is 2.52. The molecule has 0 aromatic heterocycles. The predicted molar refractivity (Wildman–Crippen MR) is 149 cm³/mol. The monoisotopic (exact) mass is 502 g/mol. The fraction of sp³-hybridized carbons (Fsp3) is 0.241. The van der Waals surface area contributed by atoms with Gasteiger partial charge in [0, 0.05) is 24.3 Å². The lowest BCUT2D eigenvalue weighted by Gasteiger charge is -2.37. The maximum Gasteiger partial charge on any atom is 0.410 e. The summed E-state index contributed by atoms with van der Waals surface area (Å²) >= 11 is 7.09. The predicted octanol–water partition coefficient (Wildman–Crippen LogP) is 6.15. The lowest BCUT2D eigenvalue weighted by atomic mass is 9.84. The van der Waals surface area contributed by atoms with Crippen LogP contribution in [0.5, 0.6) is 0 Å². The second kappa shape index (κ2) is 11.6. The molecule has 4 rings (SSSR count). The van der Waals surface area contributed by atoms with Gasteiger partial charge in [-0.2, -0.15) is 0 Å². The lowest BCUT2D eigenvalue weighted by molar-refractivity contribution is 0.109. The van der Waals surface area contributed by atoms with Gasteiger partial charge in [0.25, 0.3) is 0 Å². The number of nitrogens with zero attached hydrogens (tertiary/aromatic N) is 1. The van der Waals surface area contributed by atoms with E-state index in [0.29, 0.717) is 18.0 Å². The van der Waals surface area contributed by atoms with Gasteiger partial charge in [-0.15, -0.1) is 11.8 Å². The molecule has 3 aromatic carbocycles. The van der Waals surface area contributed by atoms with Crippen LogP contribution in [0, 0.1) is 0 Å². The molecule has 2 N–H and O–H groups in total. The summed E-state index contributed by atoms with van der Waals surface area (Å²) in [6, 6.07) is 31.6. The molecular weight excluding hydrogens is 472 g/mol. The van der Waals surface area contributed by atoms with Crippen molar-refractivity contribution >= 4 is 35.1 Å². The molecule has 1 heterocycles. The number of rotatable bonds is 9. The van der Waals surface area contributed by atoms with Crippen molar-refractivity contribution < 1.29 is 9.53 Å². The average molecular weight is 503 g/mol. The van der Waals surface area contributed by atoms with Gasteiger partial charge in [-0.05, 0) is 23.1 Å². The van der Waals surface area contributed by atoms with Crippen LogP contribution in [0.2, 0.25) is 0 Å². The van der Waals surface area contributed by atoms with E-state index < -0.39 is 4.75 Å². The SMILES string of the molecule is C=CCOC(=O)N1C[C@@H](SC(c2ccccc2)(c2ccccc2)c2ccccc2)C[C@@H]1CC(N)=S. The molecule has 0 bridgehead atoms. The Morgan fingerprint density at radius 1 is 1.00 bits per heavy atom. The highest BCUT2D eigenvalue weighted by atomic mass is 32.2. The maximum atomic E-state index is 12.9. The molecule has 1 aliphatic heterocycles. The third-order valence-corrected chi connectivity index (χ3v) is 8.16. The van der Waals surface area contributed by atoms with Crippen molar-refractivity contribution in [2.45, 2.75) is 28.9 Å². The highest BCUT2D eigenvalue weighted by molar-refractivity contribution is 8.01. The molecule has 0 spiro atoms. The fourth-order valence-corrected chi connectivity index (χ4v) is 6.86. The fourth-order valence-electron chi connectivity index (χ4n) is 4.79. The van der Waals surface area contributed by atoms with Crippen LogP contribution in [-0.2, 0) is 9.48 Å². The number of hydrogen-bond acceptors (Lipinski definition) is 4. The quantitative estimate of drug-likeness (QED) is 0.216. The third kappa shape index (κ3) is 5.60. The van der Waals surface area contributed by atoms with Crippen LogP contribution in [0.25, 0.3) is 0 Å². The molecule has 0 unspecified atom stereocenters. The largest absolute Gasteiger partial charge is 0.445 e. The Kier molecular flexibility index (Phi) is 8.26. The van der Waals surface area contributed by atoms with Gasteiger partial charge >= 0.3 is 6.09 Å². The number of benzene rings is 3. The summed E-state index contributed by atoms with van der Waals surface area (Å²) < 4.78 is 4.94. The zero-order valence-electron chi connectivity index (χ0n) is 19.6. The molecule has 3 aromatic rings. The van der Waals surface area contributed by atoms with E-state index in [2.05, 4.69) is 79.4 Å². The molecule has 0 saturated carbocycles. The summed E-state index contributed by atoms with van der Waals surface area (Å²) in [5.74, 6) is 0. The Labute approximate surface area is 217 Å². The van der Waals surface area contributed by atoms with E-state index >= 15 is 0 Å². The minimum atomic E-state index is -0.455. The molecule has 1 fully saturated rings. The van der Waals surface area contributed by atoms with Crippen molar-refractivity contribution in [3.63, 3.8) is 0 Å². The number of hydrogen-bond donors (Lipinski definition) is 1. The van der Waals surface area contributed by atoms with Crippen LogP contribution >= 0.6 is 24.0 Å². The number of ether oxygens (including phenoxy) is 1. The summed E-state index contributed by atoms with van der Waals surface area (Å²) in [4.78, 5) is 15.1. The lowest BCUT2D eigenvalue weighted by Crippen LogP contribution is -2.38. The molecule has 1 amide bonds. The van der Waals surface area contributed by atoms with Crippen molar-refractivity contribution in [2.24, 2.45) is 5.73 Å². The molecular formula is C29H30N2O2S2. The average Bonchev–Trinajstić information content (AvgIpc) is 3.28. The molecule has 1 aliphatic rings. The Bertz CT molecular complexity index is 1040. The van der Waals surface area contributed by atoms with Crippen LogP contribution in [0.15, 0.2) is 104 Å². The zero-order valence-corrected chi connectivity index (χ0v) is 21.2. The first kappa shape index (κ1) is 25.0. The number of likely N-dealkylation sites (tertiary alicyclic amines) is 1. The third-order valence-electron chi connectivity index (χ3n) is 6.26. The van der Waals surface area contributed by atoms with Gasteiger partial charge in [-0.1, -0.05) is 116 Å². The van der Waals surface area contributed by atoms with Gasteiger partial charge in [0.2, 0.25) is 0 Å². The van der Waals surface area contributed by atoms with E-state index in [-0.39, 0.29) is 24.0 Å². The summed E-state index contributed by atoms with van der Waals surface area (Å²) in [6.07, 6.45) is 2.48. The first-order chi connectivity index (χ1) is 17.0. The number of nitrogens with two attached hydrogens (primary N) is 1. The molecule has 2 atom stereocenters. The van der Waals surface area contributed by atoms with Gasteiger partial charge in [0.15, 0.2) is 0 Å². The smallest absolute Gasteiger partial charge is 0.410 e. The maximum absolute atomic E-state index is 12.9. The van der Waals surface area contributed by atoms with Crippen LogP contribution in [0.3, 0.4) is 0 Å². The molecule has 0 aliphatic carbocycles. The number of carbonyl (C=O) groups is 1. The van der Waals surface area contributed by atoms with Crippen molar-refractivity contribution in [1.29, 1.82) is 0 Å². The molecule has 0 radical (unpaired) electrons. The van der Waals surface area contributed by atoms with E-state index in [0.717, 1.165) is 6.42 Å². The molecule has 1 saturated heterocycles. The standard InChI is InChI=1S/C29H30N2O2S2/c1-2-18-33-28(32)31-21-26(19-25(31)20-27(30)34)35-29(22-12-6-3-7-13-22,23-14-8-4-9-15-23)24-16-10-5-11-17-24/h2-17,25-26H,1,18-21H2,(H2,30,34)/t25-,26+/m1/s1. The van der Waals surface area contributed by atoms with Crippen LogP contribution in [-0.4, -0.2) is 40.4 Å². The van der Waals surface area contributed by atoms with Gasteiger partial charge in [-0.3, -0.25) is 0 Å². The Balaban J connectivity index is 1.77. The first-order valence-corrected chi connectivity index (χ1v) is 13.0. The molecule has 6 heteroatoms. The summed E-state index contributed by atoms with van der Waals surface area (Å²) in [7, 11) is 0. The van der Waals surface area contributed by atoms with Gasteiger partial charge < -0.3 is 15.4 Å². The van der Waals surface area contributed by atoms with Crippen molar-refractivity contribution in [2.75, 3.05) is 13.2 Å². The summed E-state index contributed by atoms with van der Waals surface area (Å²) in [5.41, 5.74) is 9.50. The van der Waals surface area contributed by atoms with E-state index in [1.54, 1.807) is 11.0 Å². The van der Waals surface area contributed by atoms with Crippen molar-refractivity contribution in [3.05, 3.63) is 120 Å². The van der Waals surface area contributed by atoms with E-state index in [9.17, 15) is 4.79 Å². The second-order valence-corrected chi connectivity index (χ2v) is 10.6. The summed E-state index contributed by atoms with van der Waals surface area (Å²) in [5, 5.41) is 0.145. The molecule has 4 nitrogen and oxygen atoms in total. The van der Waals surface area contributed by atoms with E-state index in [1.807, 2.05) is 30.0 Å². The van der Waals surface area contributed by atoms with Gasteiger partial charge in [0.1, 0.15) is 6.61 Å². The Morgan fingerprint density at radius 3 is 1.91 bits per heavy atom. The minimum absolute atomic E-state index is 0.0951. The minimum Gasteiger partial charge on any atom is -0.445 e. The highest BCUT2D eigenvalue weighted by Gasteiger charge is 2.44. The Hall–Kier alpha value is -3.09. The topological polar surface area (TPSA) is 55.6 Å². The van der Waals surface area contributed by atoms with Gasteiger partial charge in [-0.25, -0.2) is 4.79 Å². The van der Waals surface area contributed by atoms with Crippen LogP contribution in [0.1, 0.15) is 29.5 Å². The second-order valence-electron chi connectivity index (χ2n) is 8.60. The number of thioether (sulfide) groups is 1. The first-order valence-electron chi connectivity index (χ1n) is 11.7. The number of amides is 1. The number of thiocarbonyl (C=S) groups is 1. The zero-order chi connectivity index (χ0) is 24.7. The Morgan fingerprint density at radius 2 is 1.49 bits per heavy atom. The molecule has 35 heavy (non-hydrogen) atoms. The summed E-state index contributed by atoms with van der Waals surface area (Å²) in [6.45, 7) is 4.38. The van der Waals surface area contributed by atoms with E-state index in [4.69, 9.17) is 22.7 Å². The number of carbonyl (C=O) groups excluding carboxylic acids is 1. The molecule has 180 valence electrons. The van der Waals surface area contributed by atoms with Crippen molar-refractivity contribution in [1.82, 2.24) is 4.90 Å². The van der Waals surface area contributed by atoms with Crippen LogP contribution in [0.4, 0.5) is 4.79 Å².